The molecule has 0 unspecified atom stereocenters. The van der Waals surface area contributed by atoms with Crippen LogP contribution in [-0.2, 0) is 16.6 Å². The van der Waals surface area contributed by atoms with E-state index in [0.29, 0.717) is 41.2 Å². The van der Waals surface area contributed by atoms with Gasteiger partial charge in [-0.3, -0.25) is 4.90 Å². The second-order valence-electron chi connectivity index (χ2n) is 13.2. The SMILES string of the molecule is N#Cc1c(N)sc2c1C1(CCC2)CN(c2nc(OCC3(CN4CCOCC4)CC3)nc(N3C[C@H]4CC[C@@H](C3)N4)n2)C1. The van der Waals surface area contributed by atoms with Gasteiger partial charge in [0.1, 0.15) is 11.1 Å². The van der Waals surface area contributed by atoms with E-state index in [1.165, 1.54) is 36.1 Å². The molecular weight excluding hydrogens is 538 g/mol. The monoisotopic (exact) mass is 577 g/mol. The van der Waals surface area contributed by atoms with Gasteiger partial charge >= 0.3 is 6.01 Å². The van der Waals surface area contributed by atoms with Crippen molar-refractivity contribution in [1.29, 1.82) is 5.26 Å². The third-order valence-corrected chi connectivity index (χ3v) is 11.3. The topological polar surface area (TPSA) is 129 Å². The number of ether oxygens (including phenoxy) is 2. The number of nitrogens with zero attached hydrogens (tertiary/aromatic N) is 7. The first kappa shape index (κ1) is 25.9. The lowest BCUT2D eigenvalue weighted by Crippen LogP contribution is -2.61. The average Bonchev–Trinajstić information content (AvgIpc) is 3.53. The molecule has 3 N–H and O–H groups in total. The Kier molecular flexibility index (Phi) is 6.29. The fraction of sp³-hybridized carbons (Fsp3) is 0.724. The number of piperazine rings is 1. The van der Waals surface area contributed by atoms with Crippen LogP contribution in [0.15, 0.2) is 0 Å². The molecule has 0 amide bonds. The van der Waals surface area contributed by atoms with Gasteiger partial charge in [0.05, 0.1) is 25.4 Å². The molecule has 1 saturated carbocycles. The van der Waals surface area contributed by atoms with E-state index in [4.69, 9.17) is 30.2 Å². The fourth-order valence-corrected chi connectivity index (χ4v) is 9.00. The van der Waals surface area contributed by atoms with Crippen LogP contribution in [0, 0.1) is 16.7 Å². The van der Waals surface area contributed by atoms with E-state index >= 15 is 0 Å². The van der Waals surface area contributed by atoms with E-state index < -0.39 is 0 Å². The molecule has 218 valence electrons. The highest BCUT2D eigenvalue weighted by molar-refractivity contribution is 7.16. The molecule has 1 spiro atoms. The molecule has 2 aromatic rings. The standard InChI is InChI=1S/C29H39N9O2S/c30-12-21-23-22(41-24(21)31)2-1-5-29(23)16-38(17-29)26-33-25(37-13-19-3-4-20(14-37)32-19)34-27(35-26)40-18-28(6-7-28)15-36-8-10-39-11-9-36/h19-20,32H,1-11,13-18,31H2/t19-,20+. The molecular formula is C29H39N9O2S. The molecule has 0 aromatic carbocycles. The van der Waals surface area contributed by atoms with Gasteiger partial charge < -0.3 is 30.3 Å². The number of aryl methyl sites for hydroxylation is 1. The predicted molar refractivity (Wildman–Crippen MR) is 157 cm³/mol. The van der Waals surface area contributed by atoms with Crippen LogP contribution in [0.3, 0.4) is 0 Å². The minimum absolute atomic E-state index is 0.0506. The van der Waals surface area contributed by atoms with E-state index in [2.05, 4.69) is 26.1 Å². The first-order chi connectivity index (χ1) is 20.0. The molecule has 0 radical (unpaired) electrons. The van der Waals surface area contributed by atoms with Crippen molar-refractivity contribution in [1.82, 2.24) is 25.2 Å². The Morgan fingerprint density at radius 2 is 1.78 bits per heavy atom. The minimum atomic E-state index is -0.0506. The van der Waals surface area contributed by atoms with Gasteiger partial charge in [0.2, 0.25) is 11.9 Å². The van der Waals surface area contributed by atoms with E-state index in [0.717, 1.165) is 84.2 Å². The Morgan fingerprint density at radius 3 is 2.49 bits per heavy atom. The Balaban J connectivity index is 1.04. The summed E-state index contributed by atoms with van der Waals surface area (Å²) in [5.74, 6) is 1.41. The van der Waals surface area contributed by atoms with Crippen LogP contribution in [0.1, 0.15) is 54.5 Å². The van der Waals surface area contributed by atoms with Gasteiger partial charge in [-0.05, 0) is 50.5 Å². The largest absolute Gasteiger partial charge is 0.463 e. The summed E-state index contributed by atoms with van der Waals surface area (Å²) in [6.45, 7) is 8.71. The summed E-state index contributed by atoms with van der Waals surface area (Å²) in [6, 6.07) is 3.82. The number of nitrogens with two attached hydrogens (primary N) is 1. The Labute approximate surface area is 245 Å². The summed E-state index contributed by atoms with van der Waals surface area (Å²) in [5.41, 5.74) is 8.29. The molecule has 12 heteroatoms. The van der Waals surface area contributed by atoms with Crippen molar-refractivity contribution in [2.45, 2.75) is 62.4 Å². The van der Waals surface area contributed by atoms with Crippen molar-refractivity contribution in [3.63, 3.8) is 0 Å². The van der Waals surface area contributed by atoms with Crippen LogP contribution in [0.5, 0.6) is 6.01 Å². The number of nitriles is 1. The van der Waals surface area contributed by atoms with Crippen LogP contribution in [0.25, 0.3) is 0 Å². The van der Waals surface area contributed by atoms with Gasteiger partial charge in [0.25, 0.3) is 0 Å². The zero-order valence-electron chi connectivity index (χ0n) is 23.6. The number of morpholine rings is 1. The lowest BCUT2D eigenvalue weighted by molar-refractivity contribution is 0.0231. The smallest absolute Gasteiger partial charge is 0.323 e. The lowest BCUT2D eigenvalue weighted by Gasteiger charge is -2.52. The van der Waals surface area contributed by atoms with E-state index in [1.807, 2.05) is 0 Å². The van der Waals surface area contributed by atoms with Crippen LogP contribution in [0.4, 0.5) is 16.9 Å². The van der Waals surface area contributed by atoms with Crippen molar-refractivity contribution in [2.24, 2.45) is 5.41 Å². The number of hydrogen-bond donors (Lipinski definition) is 2. The predicted octanol–water partition coefficient (Wildman–Crippen LogP) is 1.91. The molecule has 2 bridgehead atoms. The molecule has 6 heterocycles. The van der Waals surface area contributed by atoms with Crippen LogP contribution in [-0.4, -0.2) is 97.6 Å². The lowest BCUT2D eigenvalue weighted by atomic mass is 9.66. The van der Waals surface area contributed by atoms with Gasteiger partial charge in [-0.15, -0.1) is 11.3 Å². The van der Waals surface area contributed by atoms with E-state index in [1.54, 1.807) is 11.3 Å². The van der Waals surface area contributed by atoms with E-state index in [-0.39, 0.29) is 10.8 Å². The summed E-state index contributed by atoms with van der Waals surface area (Å²) in [6.07, 6.45) is 7.96. The third-order valence-electron chi connectivity index (χ3n) is 10.2. The van der Waals surface area contributed by atoms with Gasteiger partial charge in [-0.1, -0.05) is 0 Å². The molecule has 11 nitrogen and oxygen atoms in total. The highest BCUT2D eigenvalue weighted by atomic mass is 32.1. The maximum Gasteiger partial charge on any atom is 0.323 e. The number of nitrogens with one attached hydrogen (secondary N) is 1. The number of thiophene rings is 1. The fourth-order valence-electron chi connectivity index (χ4n) is 7.82. The number of hydrogen-bond acceptors (Lipinski definition) is 12. The van der Waals surface area contributed by atoms with Crippen molar-refractivity contribution in [3.05, 3.63) is 16.0 Å². The zero-order chi connectivity index (χ0) is 27.6. The number of nitrogen functional groups attached to an aromatic ring is 1. The summed E-state index contributed by atoms with van der Waals surface area (Å²) in [7, 11) is 0. The molecule has 4 aliphatic heterocycles. The van der Waals surface area contributed by atoms with Gasteiger partial charge in [-0.25, -0.2) is 0 Å². The minimum Gasteiger partial charge on any atom is -0.463 e. The van der Waals surface area contributed by atoms with Gasteiger partial charge in [-0.2, -0.15) is 20.2 Å². The number of anilines is 3. The first-order valence-corrected chi connectivity index (χ1v) is 16.1. The van der Waals surface area contributed by atoms with Crippen molar-refractivity contribution in [2.75, 3.05) is 81.2 Å². The van der Waals surface area contributed by atoms with Crippen molar-refractivity contribution >= 4 is 28.2 Å². The number of aromatic nitrogens is 3. The highest BCUT2D eigenvalue weighted by Gasteiger charge is 2.51. The Bertz CT molecular complexity index is 1350. The van der Waals surface area contributed by atoms with Crippen LogP contribution >= 0.6 is 11.3 Å². The van der Waals surface area contributed by atoms with Crippen LogP contribution in [0.2, 0.25) is 0 Å². The Morgan fingerprint density at radius 1 is 1.05 bits per heavy atom. The average molecular weight is 578 g/mol. The summed E-state index contributed by atoms with van der Waals surface area (Å²) >= 11 is 1.60. The van der Waals surface area contributed by atoms with Gasteiger partial charge in [0.15, 0.2) is 0 Å². The Hall–Kier alpha value is -2.72. The molecule has 41 heavy (non-hydrogen) atoms. The van der Waals surface area contributed by atoms with Gasteiger partial charge in [0, 0.05) is 73.6 Å². The number of fused-ring (bicyclic) bond motifs is 4. The summed E-state index contributed by atoms with van der Waals surface area (Å²) in [5, 5.41) is 14.3. The van der Waals surface area contributed by atoms with Crippen molar-refractivity contribution in [3.8, 4) is 12.1 Å². The normalized spacial score (nSPS) is 27.8. The maximum atomic E-state index is 9.89. The molecule has 2 atom stereocenters. The molecule has 6 aliphatic rings. The first-order valence-electron chi connectivity index (χ1n) is 15.3. The second-order valence-corrected chi connectivity index (χ2v) is 14.3. The zero-order valence-corrected chi connectivity index (χ0v) is 24.4. The van der Waals surface area contributed by atoms with Crippen LogP contribution < -0.4 is 25.6 Å². The molecule has 2 aromatic heterocycles. The number of rotatable bonds is 7. The third kappa shape index (κ3) is 4.71. The summed E-state index contributed by atoms with van der Waals surface area (Å²) < 4.78 is 12.0. The molecule has 4 saturated heterocycles. The van der Waals surface area contributed by atoms with Crippen molar-refractivity contribution < 1.29 is 9.47 Å². The van der Waals surface area contributed by atoms with E-state index in [9.17, 15) is 5.26 Å². The quantitative estimate of drug-likeness (QED) is 0.501. The maximum absolute atomic E-state index is 9.89. The highest BCUT2D eigenvalue weighted by Crippen LogP contribution is 2.51. The second kappa shape index (κ2) is 9.93. The molecule has 2 aliphatic carbocycles. The summed E-state index contributed by atoms with van der Waals surface area (Å²) in [4.78, 5) is 23.1. The molecule has 8 rings (SSSR count). The molecule has 5 fully saturated rings.